The van der Waals surface area contributed by atoms with Crippen LogP contribution in [0.5, 0.6) is 5.75 Å². The molecule has 1 saturated heterocycles. The minimum atomic E-state index is -0.0309. The lowest BCUT2D eigenvalue weighted by Gasteiger charge is -2.36. The summed E-state index contributed by atoms with van der Waals surface area (Å²) in [5.74, 6) is 1.31. The van der Waals surface area contributed by atoms with Crippen molar-refractivity contribution in [3.63, 3.8) is 0 Å². The van der Waals surface area contributed by atoms with E-state index in [0.29, 0.717) is 19.0 Å². The van der Waals surface area contributed by atoms with Crippen LogP contribution in [0, 0.1) is 5.92 Å². The van der Waals surface area contributed by atoms with E-state index in [4.69, 9.17) is 4.74 Å². The van der Waals surface area contributed by atoms with Gasteiger partial charge in [0.1, 0.15) is 5.75 Å². The first kappa shape index (κ1) is 16.2. The summed E-state index contributed by atoms with van der Waals surface area (Å²) >= 11 is 0. The molecule has 0 radical (unpaired) electrons. The van der Waals surface area contributed by atoms with Crippen molar-refractivity contribution in [2.24, 2.45) is 5.92 Å². The number of rotatable bonds is 4. The quantitative estimate of drug-likeness (QED) is 0.930. The van der Waals surface area contributed by atoms with Crippen LogP contribution in [-0.4, -0.2) is 44.2 Å². The Balaban J connectivity index is 1.89. The molecule has 0 bridgehead atoms. The smallest absolute Gasteiger partial charge is 0.321 e. The van der Waals surface area contributed by atoms with E-state index in [9.17, 15) is 4.79 Å². The molecular weight excluding hydrogens is 278 g/mol. The average Bonchev–Trinajstić information content (AvgIpc) is 2.54. The summed E-state index contributed by atoms with van der Waals surface area (Å²) in [4.78, 5) is 16.2. The summed E-state index contributed by atoms with van der Waals surface area (Å²) in [6.45, 7) is 7.19. The number of allylic oxidation sites excluding steroid dienone is 1. The lowest BCUT2D eigenvalue weighted by molar-refractivity contribution is 0.198. The monoisotopic (exact) mass is 303 g/mol. The number of nitrogens with one attached hydrogen (secondary N) is 1. The number of methoxy groups -OCH3 is 1. The zero-order valence-electron chi connectivity index (χ0n) is 13.6. The summed E-state index contributed by atoms with van der Waals surface area (Å²) in [5.41, 5.74) is 1.09. The van der Waals surface area contributed by atoms with Gasteiger partial charge in [-0.05, 0) is 18.1 Å². The summed E-state index contributed by atoms with van der Waals surface area (Å²) in [6.07, 6.45) is 3.71. The molecule has 120 valence electrons. The van der Waals surface area contributed by atoms with Crippen molar-refractivity contribution >= 4 is 11.7 Å². The predicted molar refractivity (Wildman–Crippen MR) is 89.3 cm³/mol. The third-order valence-corrected chi connectivity index (χ3v) is 3.68. The van der Waals surface area contributed by atoms with E-state index in [1.165, 1.54) is 0 Å². The number of hydrogen-bond acceptors (Lipinski definition) is 3. The van der Waals surface area contributed by atoms with Crippen molar-refractivity contribution in [2.45, 2.75) is 13.8 Å². The fourth-order valence-electron chi connectivity index (χ4n) is 2.44. The first-order chi connectivity index (χ1) is 10.6. The third kappa shape index (κ3) is 4.16. The normalized spacial score (nSPS) is 15.5. The van der Waals surface area contributed by atoms with E-state index < -0.39 is 0 Å². The van der Waals surface area contributed by atoms with Gasteiger partial charge >= 0.3 is 6.03 Å². The largest absolute Gasteiger partial charge is 0.495 e. The molecule has 5 heteroatoms. The molecule has 5 nitrogen and oxygen atoms in total. The van der Waals surface area contributed by atoms with Crippen LogP contribution < -0.4 is 15.0 Å². The highest BCUT2D eigenvalue weighted by Crippen LogP contribution is 2.28. The van der Waals surface area contributed by atoms with Crippen LogP contribution in [-0.2, 0) is 0 Å². The molecule has 1 heterocycles. The van der Waals surface area contributed by atoms with Crippen LogP contribution in [0.25, 0.3) is 0 Å². The molecule has 22 heavy (non-hydrogen) atoms. The average molecular weight is 303 g/mol. The number of amides is 2. The molecule has 2 rings (SSSR count). The maximum Gasteiger partial charge on any atom is 0.321 e. The van der Waals surface area contributed by atoms with Crippen molar-refractivity contribution in [2.75, 3.05) is 38.2 Å². The predicted octanol–water partition coefficient (Wildman–Crippen LogP) is 2.70. The highest BCUT2D eigenvalue weighted by molar-refractivity contribution is 5.75. The first-order valence-corrected chi connectivity index (χ1v) is 7.72. The number of hydrogen-bond donors (Lipinski definition) is 1. The zero-order valence-corrected chi connectivity index (χ0v) is 13.6. The lowest BCUT2D eigenvalue weighted by Crippen LogP contribution is -2.51. The van der Waals surface area contributed by atoms with Crippen molar-refractivity contribution in [3.05, 3.63) is 36.5 Å². The summed E-state index contributed by atoms with van der Waals surface area (Å²) in [5, 5.41) is 2.82. The number of carbonyl (C=O) groups is 1. The van der Waals surface area contributed by atoms with Gasteiger partial charge in [-0.15, -0.1) is 0 Å². The molecule has 0 spiro atoms. The van der Waals surface area contributed by atoms with Crippen molar-refractivity contribution < 1.29 is 9.53 Å². The molecule has 2 amide bonds. The van der Waals surface area contributed by atoms with E-state index in [1.807, 2.05) is 29.2 Å². The molecule has 0 atom stereocenters. The van der Waals surface area contributed by atoms with E-state index in [2.05, 4.69) is 30.1 Å². The Morgan fingerprint density at radius 1 is 1.23 bits per heavy atom. The molecule has 1 N–H and O–H groups in total. The fourth-order valence-corrected chi connectivity index (χ4v) is 2.44. The number of carbonyl (C=O) groups excluding carboxylic acids is 1. The van der Waals surface area contributed by atoms with Crippen molar-refractivity contribution in [1.82, 2.24) is 10.2 Å². The molecule has 0 aromatic heterocycles. The fraction of sp³-hybridized carbons (Fsp3) is 0.471. The van der Waals surface area contributed by atoms with Gasteiger partial charge < -0.3 is 19.9 Å². The molecule has 0 aliphatic carbocycles. The molecule has 1 aliphatic heterocycles. The minimum absolute atomic E-state index is 0.0309. The standard InChI is InChI=1S/C17H25N3O2/c1-14(2)8-9-18-17(21)20-12-10-19(11-13-20)15-6-4-5-7-16(15)22-3/h4-9,14H,10-13H2,1-3H3,(H,18,21)/b9-8+. The van der Waals surface area contributed by atoms with Crippen LogP contribution in [0.1, 0.15) is 13.8 Å². The van der Waals surface area contributed by atoms with E-state index in [1.54, 1.807) is 13.3 Å². The molecule has 1 aliphatic rings. The Bertz CT molecular complexity index is 520. The minimum Gasteiger partial charge on any atom is -0.495 e. The lowest BCUT2D eigenvalue weighted by atomic mass is 10.2. The number of piperazine rings is 1. The maximum absolute atomic E-state index is 12.1. The van der Waals surface area contributed by atoms with Gasteiger partial charge in [-0.3, -0.25) is 0 Å². The molecular formula is C17H25N3O2. The zero-order chi connectivity index (χ0) is 15.9. The van der Waals surface area contributed by atoms with Gasteiger partial charge in [-0.25, -0.2) is 4.79 Å². The first-order valence-electron chi connectivity index (χ1n) is 7.72. The van der Waals surface area contributed by atoms with E-state index in [0.717, 1.165) is 24.5 Å². The van der Waals surface area contributed by atoms with Crippen LogP contribution in [0.3, 0.4) is 0 Å². The van der Waals surface area contributed by atoms with Gasteiger partial charge in [0, 0.05) is 32.4 Å². The summed E-state index contributed by atoms with van der Waals surface area (Å²) < 4.78 is 5.40. The molecule has 1 aromatic rings. The summed E-state index contributed by atoms with van der Waals surface area (Å²) in [6, 6.07) is 7.96. The van der Waals surface area contributed by atoms with Gasteiger partial charge in [-0.2, -0.15) is 0 Å². The maximum atomic E-state index is 12.1. The SMILES string of the molecule is COc1ccccc1N1CCN(C(=O)N/C=C/C(C)C)CC1. The molecule has 0 unspecified atom stereocenters. The molecule has 0 saturated carbocycles. The number of ether oxygens (including phenoxy) is 1. The third-order valence-electron chi connectivity index (χ3n) is 3.68. The van der Waals surface area contributed by atoms with Crippen LogP contribution in [0.15, 0.2) is 36.5 Å². The van der Waals surface area contributed by atoms with Crippen LogP contribution in [0.2, 0.25) is 0 Å². The highest BCUT2D eigenvalue weighted by Gasteiger charge is 2.22. The second kappa shape index (κ2) is 7.73. The van der Waals surface area contributed by atoms with Gasteiger partial charge in [0.25, 0.3) is 0 Å². The van der Waals surface area contributed by atoms with Crippen LogP contribution in [0.4, 0.5) is 10.5 Å². The number of para-hydroxylation sites is 2. The number of nitrogens with zero attached hydrogens (tertiary/aromatic N) is 2. The second-order valence-corrected chi connectivity index (χ2v) is 5.70. The number of urea groups is 1. The summed E-state index contributed by atoms with van der Waals surface area (Å²) in [7, 11) is 1.68. The van der Waals surface area contributed by atoms with Crippen molar-refractivity contribution in [1.29, 1.82) is 0 Å². The molecule has 1 fully saturated rings. The van der Waals surface area contributed by atoms with Gasteiger partial charge in [0.15, 0.2) is 0 Å². The second-order valence-electron chi connectivity index (χ2n) is 5.70. The molecule has 1 aromatic carbocycles. The van der Waals surface area contributed by atoms with Crippen LogP contribution >= 0.6 is 0 Å². The van der Waals surface area contributed by atoms with Gasteiger partial charge in [-0.1, -0.05) is 32.1 Å². The number of benzene rings is 1. The van der Waals surface area contributed by atoms with Gasteiger partial charge in [0.2, 0.25) is 0 Å². The van der Waals surface area contributed by atoms with E-state index >= 15 is 0 Å². The Labute approximate surface area is 132 Å². The Kier molecular flexibility index (Phi) is 5.69. The van der Waals surface area contributed by atoms with Crippen molar-refractivity contribution in [3.8, 4) is 5.75 Å². The van der Waals surface area contributed by atoms with E-state index in [-0.39, 0.29) is 6.03 Å². The van der Waals surface area contributed by atoms with Gasteiger partial charge in [0.05, 0.1) is 12.8 Å². The Morgan fingerprint density at radius 2 is 1.91 bits per heavy atom. The number of anilines is 1. The Morgan fingerprint density at radius 3 is 2.55 bits per heavy atom. The topological polar surface area (TPSA) is 44.8 Å². The highest BCUT2D eigenvalue weighted by atomic mass is 16.5. The Hall–Kier alpha value is -2.17.